The number of hydrogen-bond acceptors (Lipinski definition) is 2. The molecule has 0 atom stereocenters. The van der Waals surface area contributed by atoms with Gasteiger partial charge in [0.05, 0.1) is 11.3 Å². The van der Waals surface area contributed by atoms with Crippen molar-refractivity contribution in [2.45, 2.75) is 26.4 Å². The summed E-state index contributed by atoms with van der Waals surface area (Å²) in [5.74, 6) is 0. The van der Waals surface area contributed by atoms with Crippen molar-refractivity contribution in [3.8, 4) is 0 Å². The predicted molar refractivity (Wildman–Crippen MR) is 72.6 cm³/mol. The van der Waals surface area contributed by atoms with Crippen molar-refractivity contribution < 1.29 is 5.11 Å². The summed E-state index contributed by atoms with van der Waals surface area (Å²) in [5, 5.41) is 11.1. The smallest absolute Gasteiger partial charge is 0.0765 e. The summed E-state index contributed by atoms with van der Waals surface area (Å²) >= 11 is 0. The topological polar surface area (TPSA) is 39.3 Å². The Morgan fingerprint density at radius 2 is 1.94 bits per heavy atom. The van der Waals surface area contributed by atoms with E-state index in [1.54, 1.807) is 0 Å². The van der Waals surface area contributed by atoms with E-state index in [9.17, 15) is 5.11 Å². The maximum Gasteiger partial charge on any atom is 0.0765 e. The molecule has 0 spiro atoms. The van der Waals surface area contributed by atoms with Gasteiger partial charge in [-0.3, -0.25) is 0 Å². The van der Waals surface area contributed by atoms with Crippen LogP contribution in [0.3, 0.4) is 0 Å². The zero-order valence-electron chi connectivity index (χ0n) is 10.9. The fourth-order valence-corrected chi connectivity index (χ4v) is 2.41. The average Bonchev–Trinajstić information content (AvgIpc) is 2.50. The SMILES string of the molecule is Cc1[nH]c2ccccc2c1N(C)CC(C)(C)O. The number of aromatic nitrogens is 1. The van der Waals surface area contributed by atoms with Gasteiger partial charge in [0.1, 0.15) is 0 Å². The number of aliphatic hydroxyl groups is 1. The first-order valence-electron chi connectivity index (χ1n) is 5.89. The van der Waals surface area contributed by atoms with E-state index in [1.807, 2.05) is 33.0 Å². The van der Waals surface area contributed by atoms with Crippen LogP contribution in [0, 0.1) is 6.92 Å². The number of hydrogen-bond donors (Lipinski definition) is 2. The Bertz CT molecular complexity index is 522. The molecule has 2 aromatic rings. The van der Waals surface area contributed by atoms with Gasteiger partial charge in [-0.1, -0.05) is 18.2 Å². The number of benzene rings is 1. The number of nitrogens with one attached hydrogen (secondary N) is 1. The third-order valence-electron chi connectivity index (χ3n) is 2.87. The summed E-state index contributed by atoms with van der Waals surface area (Å²) < 4.78 is 0. The summed E-state index contributed by atoms with van der Waals surface area (Å²) in [4.78, 5) is 5.48. The quantitative estimate of drug-likeness (QED) is 0.854. The molecule has 2 rings (SSSR count). The van der Waals surface area contributed by atoms with Gasteiger partial charge >= 0.3 is 0 Å². The van der Waals surface area contributed by atoms with Crippen molar-refractivity contribution in [3.05, 3.63) is 30.0 Å². The van der Waals surface area contributed by atoms with Crippen molar-refractivity contribution in [1.82, 2.24) is 4.98 Å². The molecule has 0 aliphatic heterocycles. The minimum absolute atomic E-state index is 0.607. The maximum absolute atomic E-state index is 9.90. The van der Waals surface area contributed by atoms with Crippen LogP contribution >= 0.6 is 0 Å². The number of aromatic amines is 1. The predicted octanol–water partition coefficient (Wildman–Crippen LogP) is 2.68. The molecule has 0 saturated carbocycles. The summed E-state index contributed by atoms with van der Waals surface area (Å²) in [6.07, 6.45) is 0. The highest BCUT2D eigenvalue weighted by molar-refractivity contribution is 5.94. The summed E-state index contributed by atoms with van der Waals surface area (Å²) in [6.45, 7) is 6.33. The molecule has 0 aliphatic rings. The first-order chi connectivity index (χ1) is 7.88. The average molecular weight is 232 g/mol. The number of aryl methyl sites for hydroxylation is 1. The lowest BCUT2D eigenvalue weighted by molar-refractivity contribution is 0.0886. The fourth-order valence-electron chi connectivity index (χ4n) is 2.41. The molecule has 3 heteroatoms. The first-order valence-corrected chi connectivity index (χ1v) is 5.89. The van der Waals surface area contributed by atoms with Gasteiger partial charge in [-0.05, 0) is 26.8 Å². The number of rotatable bonds is 3. The van der Waals surface area contributed by atoms with Crippen molar-refractivity contribution in [2.75, 3.05) is 18.5 Å². The molecule has 1 heterocycles. The van der Waals surface area contributed by atoms with E-state index in [1.165, 1.54) is 11.1 Å². The lowest BCUT2D eigenvalue weighted by Crippen LogP contribution is -2.36. The Kier molecular flexibility index (Phi) is 2.87. The zero-order valence-corrected chi connectivity index (χ0v) is 10.9. The van der Waals surface area contributed by atoms with Crippen molar-refractivity contribution in [3.63, 3.8) is 0 Å². The molecule has 0 aliphatic carbocycles. The van der Waals surface area contributed by atoms with Crippen LogP contribution in [-0.2, 0) is 0 Å². The molecule has 3 nitrogen and oxygen atoms in total. The molecule has 0 unspecified atom stereocenters. The van der Waals surface area contributed by atoms with E-state index < -0.39 is 5.60 Å². The Balaban J connectivity index is 2.44. The molecule has 17 heavy (non-hydrogen) atoms. The van der Waals surface area contributed by atoms with Crippen molar-refractivity contribution in [2.24, 2.45) is 0 Å². The number of nitrogens with zero attached hydrogens (tertiary/aromatic N) is 1. The molecular weight excluding hydrogens is 212 g/mol. The number of likely N-dealkylation sites (N-methyl/N-ethyl adjacent to an activating group) is 1. The van der Waals surface area contributed by atoms with E-state index in [0.29, 0.717) is 6.54 Å². The van der Waals surface area contributed by atoms with E-state index in [2.05, 4.69) is 28.9 Å². The van der Waals surface area contributed by atoms with Gasteiger partial charge in [0.2, 0.25) is 0 Å². The third-order valence-corrected chi connectivity index (χ3v) is 2.87. The molecule has 0 fully saturated rings. The summed E-state index contributed by atoms with van der Waals surface area (Å²) in [7, 11) is 2.01. The van der Waals surface area contributed by atoms with Crippen LogP contribution < -0.4 is 4.90 Å². The molecule has 1 aromatic carbocycles. The second-order valence-electron chi connectivity index (χ2n) is 5.31. The molecule has 0 radical (unpaired) electrons. The minimum Gasteiger partial charge on any atom is -0.389 e. The van der Waals surface area contributed by atoms with Crippen LogP contribution in [0.5, 0.6) is 0 Å². The van der Waals surface area contributed by atoms with Gasteiger partial charge in [0, 0.05) is 30.2 Å². The molecule has 0 bridgehead atoms. The van der Waals surface area contributed by atoms with Gasteiger partial charge in [0.15, 0.2) is 0 Å². The van der Waals surface area contributed by atoms with Gasteiger partial charge in [-0.15, -0.1) is 0 Å². The number of H-pyrrole nitrogens is 1. The fraction of sp³-hybridized carbons (Fsp3) is 0.429. The Morgan fingerprint density at radius 1 is 1.29 bits per heavy atom. The Labute approximate surface area is 102 Å². The van der Waals surface area contributed by atoms with Crippen LogP contribution in [0.25, 0.3) is 10.9 Å². The van der Waals surface area contributed by atoms with Crippen molar-refractivity contribution >= 4 is 16.6 Å². The zero-order chi connectivity index (χ0) is 12.6. The van der Waals surface area contributed by atoms with Crippen LogP contribution in [0.2, 0.25) is 0 Å². The standard InChI is InChI=1S/C14H20N2O/c1-10-13(16(4)9-14(2,3)17)11-7-5-6-8-12(11)15-10/h5-8,15,17H,9H2,1-4H3. The van der Waals surface area contributed by atoms with Gasteiger partial charge < -0.3 is 15.0 Å². The number of fused-ring (bicyclic) bond motifs is 1. The van der Waals surface area contributed by atoms with Gasteiger partial charge in [-0.25, -0.2) is 0 Å². The monoisotopic (exact) mass is 232 g/mol. The second-order valence-corrected chi connectivity index (χ2v) is 5.31. The molecule has 92 valence electrons. The van der Waals surface area contributed by atoms with E-state index in [4.69, 9.17) is 0 Å². The number of para-hydroxylation sites is 1. The van der Waals surface area contributed by atoms with Crippen LogP contribution in [0.15, 0.2) is 24.3 Å². The van der Waals surface area contributed by atoms with Crippen LogP contribution in [-0.4, -0.2) is 29.3 Å². The molecule has 1 aromatic heterocycles. The Hall–Kier alpha value is -1.48. The van der Waals surface area contributed by atoms with Gasteiger partial charge in [0.25, 0.3) is 0 Å². The summed E-state index contributed by atoms with van der Waals surface area (Å²) in [6, 6.07) is 8.24. The molecule has 0 saturated heterocycles. The minimum atomic E-state index is -0.695. The highest BCUT2D eigenvalue weighted by Crippen LogP contribution is 2.30. The lowest BCUT2D eigenvalue weighted by Gasteiger charge is -2.27. The third kappa shape index (κ3) is 2.44. The maximum atomic E-state index is 9.90. The Morgan fingerprint density at radius 3 is 2.59 bits per heavy atom. The van der Waals surface area contributed by atoms with E-state index >= 15 is 0 Å². The van der Waals surface area contributed by atoms with Gasteiger partial charge in [-0.2, -0.15) is 0 Å². The second kappa shape index (κ2) is 4.08. The van der Waals surface area contributed by atoms with Crippen LogP contribution in [0.4, 0.5) is 5.69 Å². The van der Waals surface area contributed by atoms with Crippen molar-refractivity contribution in [1.29, 1.82) is 0 Å². The molecule has 0 amide bonds. The lowest BCUT2D eigenvalue weighted by atomic mass is 10.1. The van der Waals surface area contributed by atoms with E-state index in [-0.39, 0.29) is 0 Å². The summed E-state index contributed by atoms with van der Waals surface area (Å²) in [5.41, 5.74) is 2.75. The number of anilines is 1. The normalized spacial score (nSPS) is 12.1. The highest BCUT2D eigenvalue weighted by Gasteiger charge is 2.19. The molecular formula is C14H20N2O. The van der Waals surface area contributed by atoms with Crippen LogP contribution in [0.1, 0.15) is 19.5 Å². The molecule has 2 N–H and O–H groups in total. The first kappa shape index (κ1) is 12.0. The largest absolute Gasteiger partial charge is 0.389 e. The van der Waals surface area contributed by atoms with E-state index in [0.717, 1.165) is 11.2 Å². The highest BCUT2D eigenvalue weighted by atomic mass is 16.3.